The SMILES string of the molecule is CCCNC(CCc1ccsc1)c1cc(C)nn1C. The Bertz CT molecular complexity index is 487. The summed E-state index contributed by atoms with van der Waals surface area (Å²) in [5.41, 5.74) is 3.82. The quantitative estimate of drug-likeness (QED) is 0.840. The van der Waals surface area contributed by atoms with Gasteiger partial charge >= 0.3 is 0 Å². The molecule has 0 aliphatic rings. The lowest BCUT2D eigenvalue weighted by molar-refractivity contribution is 0.468. The fourth-order valence-electron chi connectivity index (χ4n) is 2.38. The van der Waals surface area contributed by atoms with Crippen molar-refractivity contribution in [3.63, 3.8) is 0 Å². The number of rotatable bonds is 7. The minimum absolute atomic E-state index is 0.394. The Labute approximate surface area is 119 Å². The zero-order valence-electron chi connectivity index (χ0n) is 12.0. The maximum Gasteiger partial charge on any atom is 0.0597 e. The minimum atomic E-state index is 0.394. The molecule has 0 saturated heterocycles. The number of hydrogen-bond acceptors (Lipinski definition) is 3. The predicted octanol–water partition coefficient (Wildman–Crippen LogP) is 3.46. The van der Waals surface area contributed by atoms with Crippen molar-refractivity contribution in [2.45, 2.75) is 39.2 Å². The second-order valence-corrected chi connectivity index (χ2v) is 5.79. The van der Waals surface area contributed by atoms with Crippen LogP contribution in [0.1, 0.15) is 42.8 Å². The summed E-state index contributed by atoms with van der Waals surface area (Å²) in [5, 5.41) is 12.5. The van der Waals surface area contributed by atoms with E-state index in [0.29, 0.717) is 6.04 Å². The summed E-state index contributed by atoms with van der Waals surface area (Å²) in [5.74, 6) is 0. The summed E-state index contributed by atoms with van der Waals surface area (Å²) in [7, 11) is 2.04. The molecule has 0 radical (unpaired) electrons. The summed E-state index contributed by atoms with van der Waals surface area (Å²) in [6.07, 6.45) is 3.40. The maximum atomic E-state index is 4.46. The van der Waals surface area contributed by atoms with Crippen molar-refractivity contribution in [3.8, 4) is 0 Å². The van der Waals surface area contributed by atoms with E-state index in [0.717, 1.165) is 31.5 Å². The van der Waals surface area contributed by atoms with Crippen molar-refractivity contribution in [2.75, 3.05) is 6.54 Å². The Morgan fingerprint density at radius 3 is 2.89 bits per heavy atom. The van der Waals surface area contributed by atoms with Gasteiger partial charge in [-0.15, -0.1) is 0 Å². The molecule has 4 heteroatoms. The third-order valence-electron chi connectivity index (χ3n) is 3.34. The average molecular weight is 277 g/mol. The van der Waals surface area contributed by atoms with Crippen LogP contribution in [0.25, 0.3) is 0 Å². The number of aryl methyl sites for hydroxylation is 3. The normalized spacial score (nSPS) is 12.8. The van der Waals surface area contributed by atoms with Crippen molar-refractivity contribution in [3.05, 3.63) is 39.8 Å². The molecule has 1 atom stereocenters. The fraction of sp³-hybridized carbons (Fsp3) is 0.533. The van der Waals surface area contributed by atoms with Gasteiger partial charge in [-0.3, -0.25) is 4.68 Å². The summed E-state index contributed by atoms with van der Waals surface area (Å²) < 4.78 is 2.01. The van der Waals surface area contributed by atoms with Gasteiger partial charge in [-0.05, 0) is 61.2 Å². The van der Waals surface area contributed by atoms with Crippen LogP contribution in [0.5, 0.6) is 0 Å². The Kier molecular flexibility index (Phi) is 5.16. The molecular formula is C15H23N3S. The van der Waals surface area contributed by atoms with Crippen LogP contribution in [0.15, 0.2) is 22.9 Å². The topological polar surface area (TPSA) is 29.9 Å². The lowest BCUT2D eigenvalue weighted by Crippen LogP contribution is -2.24. The van der Waals surface area contributed by atoms with Crippen molar-refractivity contribution in [1.29, 1.82) is 0 Å². The van der Waals surface area contributed by atoms with Gasteiger partial charge in [0.05, 0.1) is 11.4 Å². The molecule has 2 rings (SSSR count). The number of hydrogen-bond donors (Lipinski definition) is 1. The molecule has 0 saturated carbocycles. The molecule has 2 aromatic rings. The molecule has 19 heavy (non-hydrogen) atoms. The number of thiophene rings is 1. The zero-order valence-corrected chi connectivity index (χ0v) is 12.8. The first-order valence-corrected chi connectivity index (χ1v) is 7.90. The zero-order chi connectivity index (χ0) is 13.7. The molecular weight excluding hydrogens is 254 g/mol. The highest BCUT2D eigenvalue weighted by molar-refractivity contribution is 7.07. The van der Waals surface area contributed by atoms with Crippen molar-refractivity contribution < 1.29 is 0 Å². The molecule has 1 unspecified atom stereocenters. The number of nitrogens with zero attached hydrogens (tertiary/aromatic N) is 2. The third kappa shape index (κ3) is 3.91. The largest absolute Gasteiger partial charge is 0.309 e. The van der Waals surface area contributed by atoms with Crippen LogP contribution in [0.4, 0.5) is 0 Å². The van der Waals surface area contributed by atoms with E-state index in [-0.39, 0.29) is 0 Å². The van der Waals surface area contributed by atoms with Gasteiger partial charge in [0.2, 0.25) is 0 Å². The highest BCUT2D eigenvalue weighted by Crippen LogP contribution is 2.20. The molecule has 3 nitrogen and oxygen atoms in total. The monoisotopic (exact) mass is 277 g/mol. The summed E-state index contributed by atoms with van der Waals surface area (Å²) in [6, 6.07) is 4.81. The molecule has 0 fully saturated rings. The minimum Gasteiger partial charge on any atom is -0.309 e. The van der Waals surface area contributed by atoms with Crippen LogP contribution in [0, 0.1) is 6.92 Å². The Morgan fingerprint density at radius 1 is 1.47 bits per heavy atom. The van der Waals surface area contributed by atoms with E-state index < -0.39 is 0 Å². The van der Waals surface area contributed by atoms with Crippen LogP contribution in [-0.2, 0) is 13.5 Å². The Balaban J connectivity index is 2.04. The van der Waals surface area contributed by atoms with E-state index in [4.69, 9.17) is 0 Å². The van der Waals surface area contributed by atoms with Crippen molar-refractivity contribution >= 4 is 11.3 Å². The molecule has 0 aromatic carbocycles. The van der Waals surface area contributed by atoms with Gasteiger partial charge in [0.25, 0.3) is 0 Å². The molecule has 0 aliphatic heterocycles. The molecule has 2 heterocycles. The lowest BCUT2D eigenvalue weighted by Gasteiger charge is -2.18. The van der Waals surface area contributed by atoms with Crippen LogP contribution in [-0.4, -0.2) is 16.3 Å². The van der Waals surface area contributed by atoms with Crippen LogP contribution in [0.3, 0.4) is 0 Å². The number of aromatic nitrogens is 2. The molecule has 0 bridgehead atoms. The Morgan fingerprint density at radius 2 is 2.32 bits per heavy atom. The predicted molar refractivity (Wildman–Crippen MR) is 81.6 cm³/mol. The van der Waals surface area contributed by atoms with Crippen molar-refractivity contribution in [1.82, 2.24) is 15.1 Å². The van der Waals surface area contributed by atoms with Gasteiger partial charge < -0.3 is 5.32 Å². The summed E-state index contributed by atoms with van der Waals surface area (Å²) in [4.78, 5) is 0. The first kappa shape index (κ1) is 14.3. The standard InChI is InChI=1S/C15H23N3S/c1-4-8-16-14(6-5-13-7-9-19-11-13)15-10-12(2)17-18(15)3/h7,9-11,14,16H,4-6,8H2,1-3H3. The van der Waals surface area contributed by atoms with E-state index in [9.17, 15) is 0 Å². The van der Waals surface area contributed by atoms with E-state index >= 15 is 0 Å². The van der Waals surface area contributed by atoms with Gasteiger partial charge in [-0.1, -0.05) is 6.92 Å². The van der Waals surface area contributed by atoms with E-state index in [2.05, 4.69) is 47.2 Å². The summed E-state index contributed by atoms with van der Waals surface area (Å²) >= 11 is 1.77. The molecule has 0 spiro atoms. The molecule has 104 valence electrons. The van der Waals surface area contributed by atoms with Gasteiger partial charge in [-0.25, -0.2) is 0 Å². The van der Waals surface area contributed by atoms with Gasteiger partial charge in [-0.2, -0.15) is 16.4 Å². The van der Waals surface area contributed by atoms with E-state index in [1.165, 1.54) is 11.3 Å². The average Bonchev–Trinajstić information content (AvgIpc) is 3.00. The van der Waals surface area contributed by atoms with Gasteiger partial charge in [0.15, 0.2) is 0 Å². The molecule has 0 aliphatic carbocycles. The lowest BCUT2D eigenvalue weighted by atomic mass is 10.0. The van der Waals surface area contributed by atoms with Crippen LogP contribution < -0.4 is 5.32 Å². The molecule has 0 amide bonds. The Hall–Kier alpha value is -1.13. The second-order valence-electron chi connectivity index (χ2n) is 5.01. The van der Waals surface area contributed by atoms with Crippen molar-refractivity contribution in [2.24, 2.45) is 7.05 Å². The first-order valence-electron chi connectivity index (χ1n) is 6.95. The highest BCUT2D eigenvalue weighted by atomic mass is 32.1. The summed E-state index contributed by atoms with van der Waals surface area (Å²) in [6.45, 7) is 5.31. The second kappa shape index (κ2) is 6.87. The fourth-order valence-corrected chi connectivity index (χ4v) is 3.08. The third-order valence-corrected chi connectivity index (χ3v) is 4.07. The first-order chi connectivity index (χ1) is 9.20. The van der Waals surface area contributed by atoms with E-state index in [1.54, 1.807) is 11.3 Å². The van der Waals surface area contributed by atoms with Crippen LogP contribution in [0.2, 0.25) is 0 Å². The maximum absolute atomic E-state index is 4.46. The van der Waals surface area contributed by atoms with Crippen LogP contribution >= 0.6 is 11.3 Å². The highest BCUT2D eigenvalue weighted by Gasteiger charge is 2.15. The van der Waals surface area contributed by atoms with E-state index in [1.807, 2.05) is 11.7 Å². The molecule has 1 N–H and O–H groups in total. The van der Waals surface area contributed by atoms with Gasteiger partial charge in [0.1, 0.15) is 0 Å². The molecule has 2 aromatic heterocycles. The number of nitrogens with one attached hydrogen (secondary N) is 1. The smallest absolute Gasteiger partial charge is 0.0597 e. The van der Waals surface area contributed by atoms with Gasteiger partial charge in [0, 0.05) is 13.1 Å².